The molecule has 0 unspecified atom stereocenters. The van der Waals surface area contributed by atoms with Gasteiger partial charge in [-0.05, 0) is 25.7 Å². The normalized spacial score (nSPS) is 11.7. The Labute approximate surface area is 199 Å². The summed E-state index contributed by atoms with van der Waals surface area (Å²) in [6.45, 7) is 4.60. The van der Waals surface area contributed by atoms with Crippen molar-refractivity contribution in [1.82, 2.24) is 0 Å². The number of hydrogen-bond donors (Lipinski definition) is 0. The smallest absolute Gasteiger partial charge is 0.0351 e. The van der Waals surface area contributed by atoms with Gasteiger partial charge in [0.25, 0.3) is 0 Å². The third-order valence-corrected chi connectivity index (χ3v) is 6.87. The summed E-state index contributed by atoms with van der Waals surface area (Å²) in [5.74, 6) is 0. The van der Waals surface area contributed by atoms with Crippen LogP contribution in [-0.4, -0.2) is 0 Å². The van der Waals surface area contributed by atoms with Gasteiger partial charge in [-0.3, -0.25) is 0 Å². The number of hydrogen-bond acceptors (Lipinski definition) is 0. The number of allylic oxidation sites excluding steroid dienone is 2. The zero-order valence-electron chi connectivity index (χ0n) is 22.2. The molecule has 0 amide bonds. The predicted molar refractivity (Wildman–Crippen MR) is 145 cm³/mol. The first kappa shape index (κ1) is 30.7. The van der Waals surface area contributed by atoms with Gasteiger partial charge in [0, 0.05) is 0 Å². The Morgan fingerprint density at radius 2 is 0.452 bits per heavy atom. The van der Waals surface area contributed by atoms with Crippen LogP contribution in [0.5, 0.6) is 0 Å². The van der Waals surface area contributed by atoms with E-state index in [1.54, 1.807) is 0 Å². The lowest BCUT2D eigenvalue weighted by molar-refractivity contribution is 0.536. The van der Waals surface area contributed by atoms with Crippen molar-refractivity contribution in [1.29, 1.82) is 0 Å². The summed E-state index contributed by atoms with van der Waals surface area (Å²) in [5.41, 5.74) is 0. The first-order valence-corrected chi connectivity index (χ1v) is 15.1. The van der Waals surface area contributed by atoms with Crippen LogP contribution in [0, 0.1) is 0 Å². The Balaban J connectivity index is 3.06. The van der Waals surface area contributed by atoms with E-state index in [1.807, 2.05) is 0 Å². The van der Waals surface area contributed by atoms with Crippen molar-refractivity contribution in [3.63, 3.8) is 0 Å². The predicted octanol–water partition coefficient (Wildman–Crippen LogP) is 12.1. The first-order valence-electron chi connectivity index (χ1n) is 15.1. The second-order valence-electron chi connectivity index (χ2n) is 10.2. The van der Waals surface area contributed by atoms with Gasteiger partial charge < -0.3 is 0 Å². The van der Waals surface area contributed by atoms with Crippen LogP contribution in [0.15, 0.2) is 12.2 Å². The van der Waals surface area contributed by atoms with E-state index in [9.17, 15) is 0 Å². The molecule has 0 aliphatic carbocycles. The molecule has 31 heavy (non-hydrogen) atoms. The van der Waals surface area contributed by atoms with Crippen molar-refractivity contribution in [3.8, 4) is 0 Å². The molecule has 0 heterocycles. The third-order valence-electron chi connectivity index (χ3n) is 6.87. The lowest BCUT2D eigenvalue weighted by Crippen LogP contribution is -1.83. The summed E-state index contributed by atoms with van der Waals surface area (Å²) in [5, 5.41) is 0. The average molecular weight is 435 g/mol. The number of unbranched alkanes of at least 4 members (excludes halogenated alkanes) is 25. The van der Waals surface area contributed by atoms with Crippen LogP contribution in [0.3, 0.4) is 0 Å². The van der Waals surface area contributed by atoms with Gasteiger partial charge in [0.15, 0.2) is 0 Å². The lowest BCUT2D eigenvalue weighted by atomic mass is 10.0. The van der Waals surface area contributed by atoms with Gasteiger partial charge in [0.1, 0.15) is 0 Å². The molecule has 0 fully saturated rings. The summed E-state index contributed by atoms with van der Waals surface area (Å²) in [6.07, 6.45) is 43.9. The quantitative estimate of drug-likeness (QED) is 0.0890. The molecule has 0 aliphatic heterocycles. The lowest BCUT2D eigenvalue weighted by Gasteiger charge is -2.03. The second-order valence-corrected chi connectivity index (χ2v) is 10.2. The fourth-order valence-corrected chi connectivity index (χ4v) is 4.62. The van der Waals surface area contributed by atoms with E-state index in [2.05, 4.69) is 26.0 Å². The van der Waals surface area contributed by atoms with Gasteiger partial charge in [0.2, 0.25) is 0 Å². The maximum Gasteiger partial charge on any atom is -0.0351 e. The van der Waals surface area contributed by atoms with Gasteiger partial charge in [0.05, 0.1) is 0 Å². The maximum absolute atomic E-state index is 2.46. The Hall–Kier alpha value is -0.260. The Morgan fingerprint density at radius 3 is 0.677 bits per heavy atom. The third kappa shape index (κ3) is 29.7. The molecule has 0 radical (unpaired) electrons. The maximum atomic E-state index is 2.46. The molecule has 0 atom stereocenters. The van der Waals surface area contributed by atoms with Crippen LogP contribution >= 0.6 is 0 Å². The summed E-state index contributed by atoms with van der Waals surface area (Å²) >= 11 is 0. The average Bonchev–Trinajstić information content (AvgIpc) is 2.78. The van der Waals surface area contributed by atoms with E-state index in [0.717, 1.165) is 0 Å². The van der Waals surface area contributed by atoms with Crippen molar-refractivity contribution < 1.29 is 0 Å². The molecule has 0 rings (SSSR count). The molecule has 0 N–H and O–H groups in total. The van der Waals surface area contributed by atoms with Gasteiger partial charge in [-0.1, -0.05) is 174 Å². The number of rotatable bonds is 27. The summed E-state index contributed by atoms with van der Waals surface area (Å²) in [7, 11) is 0. The molecule has 0 aromatic heterocycles. The van der Waals surface area contributed by atoms with Crippen LogP contribution in [0.25, 0.3) is 0 Å². The fourth-order valence-electron chi connectivity index (χ4n) is 4.62. The standard InChI is InChI=1S/C31H62/c1-3-5-7-9-11-13-15-17-19-21-23-25-27-29-31-30-28-26-24-22-20-18-16-14-12-10-8-6-4-2/h27,29H,3-26,28,30-31H2,1-2H3. The van der Waals surface area contributed by atoms with E-state index < -0.39 is 0 Å². The van der Waals surface area contributed by atoms with Crippen LogP contribution in [0.1, 0.15) is 187 Å². The molecule has 0 nitrogen and oxygen atoms in total. The Bertz CT molecular complexity index is 316. The molecule has 0 aromatic carbocycles. The molecular weight excluding hydrogens is 372 g/mol. The van der Waals surface area contributed by atoms with E-state index >= 15 is 0 Å². The van der Waals surface area contributed by atoms with Gasteiger partial charge >= 0.3 is 0 Å². The van der Waals surface area contributed by atoms with Crippen molar-refractivity contribution in [2.75, 3.05) is 0 Å². The molecule has 0 heteroatoms. The molecule has 0 saturated carbocycles. The van der Waals surface area contributed by atoms with Crippen LogP contribution < -0.4 is 0 Å². The summed E-state index contributed by atoms with van der Waals surface area (Å²) in [6, 6.07) is 0. The van der Waals surface area contributed by atoms with E-state index in [-0.39, 0.29) is 0 Å². The van der Waals surface area contributed by atoms with Crippen molar-refractivity contribution in [2.45, 2.75) is 187 Å². The highest BCUT2D eigenvalue weighted by molar-refractivity contribution is 4.81. The molecule has 0 saturated heterocycles. The van der Waals surface area contributed by atoms with Crippen LogP contribution in [-0.2, 0) is 0 Å². The molecule has 0 aromatic rings. The van der Waals surface area contributed by atoms with Crippen LogP contribution in [0.2, 0.25) is 0 Å². The topological polar surface area (TPSA) is 0 Å². The van der Waals surface area contributed by atoms with Gasteiger partial charge in [-0.15, -0.1) is 0 Å². The minimum atomic E-state index is 1.32. The van der Waals surface area contributed by atoms with Crippen molar-refractivity contribution in [2.24, 2.45) is 0 Å². The highest BCUT2D eigenvalue weighted by atomic mass is 14.0. The Morgan fingerprint density at radius 1 is 0.258 bits per heavy atom. The zero-order valence-corrected chi connectivity index (χ0v) is 22.2. The highest BCUT2D eigenvalue weighted by Gasteiger charge is 1.94. The van der Waals surface area contributed by atoms with Gasteiger partial charge in [-0.25, -0.2) is 0 Å². The molecule has 0 spiro atoms. The van der Waals surface area contributed by atoms with Crippen molar-refractivity contribution >= 4 is 0 Å². The molecule has 186 valence electrons. The summed E-state index contributed by atoms with van der Waals surface area (Å²) in [4.78, 5) is 0. The highest BCUT2D eigenvalue weighted by Crippen LogP contribution is 2.14. The second kappa shape index (κ2) is 29.7. The zero-order chi connectivity index (χ0) is 22.5. The molecule has 0 aliphatic rings. The van der Waals surface area contributed by atoms with E-state index in [1.165, 1.54) is 173 Å². The van der Waals surface area contributed by atoms with Crippen LogP contribution in [0.4, 0.5) is 0 Å². The largest absolute Gasteiger partial charge is 0.0885 e. The monoisotopic (exact) mass is 434 g/mol. The SMILES string of the molecule is CCCCCCCCCCCCCC=CCCCCCCCCCCCCCCCC. The summed E-state index contributed by atoms with van der Waals surface area (Å²) < 4.78 is 0. The Kier molecular flexibility index (Phi) is 29.5. The van der Waals surface area contributed by atoms with E-state index in [0.29, 0.717) is 0 Å². The van der Waals surface area contributed by atoms with E-state index in [4.69, 9.17) is 0 Å². The minimum absolute atomic E-state index is 1.32. The molecule has 0 bridgehead atoms. The van der Waals surface area contributed by atoms with Gasteiger partial charge in [-0.2, -0.15) is 0 Å². The first-order chi connectivity index (χ1) is 15.4. The minimum Gasteiger partial charge on any atom is -0.0885 e. The molecular formula is C31H62. The fraction of sp³-hybridized carbons (Fsp3) is 0.935. The van der Waals surface area contributed by atoms with Crippen molar-refractivity contribution in [3.05, 3.63) is 12.2 Å².